The summed E-state index contributed by atoms with van der Waals surface area (Å²) < 4.78 is 34.5. The predicted molar refractivity (Wildman–Crippen MR) is 84.9 cm³/mol. The average molecular weight is 329 g/mol. The Morgan fingerprint density at radius 1 is 1.17 bits per heavy atom. The first-order chi connectivity index (χ1) is 11.5. The number of alkyl halides is 2. The molecule has 0 N–H and O–H groups in total. The van der Waals surface area contributed by atoms with Gasteiger partial charge in [0.1, 0.15) is 5.75 Å². The Morgan fingerprint density at radius 3 is 2.71 bits per heavy atom. The van der Waals surface area contributed by atoms with Crippen LogP contribution in [-0.4, -0.2) is 18.5 Å². The summed E-state index contributed by atoms with van der Waals surface area (Å²) in [6, 6.07) is 13.5. The molecule has 0 saturated heterocycles. The van der Waals surface area contributed by atoms with E-state index in [1.165, 1.54) is 12.1 Å². The Kier molecular flexibility index (Phi) is 4.37. The highest BCUT2D eigenvalue weighted by molar-refractivity contribution is 6.13. The molecule has 0 fully saturated rings. The number of rotatable bonds is 4. The normalized spacial score (nSPS) is 15.6. The van der Waals surface area contributed by atoms with E-state index < -0.39 is 12.6 Å². The van der Waals surface area contributed by atoms with E-state index in [2.05, 4.69) is 9.73 Å². The lowest BCUT2D eigenvalue weighted by atomic mass is 10.1. The van der Waals surface area contributed by atoms with Gasteiger partial charge < -0.3 is 9.47 Å². The number of hydrogen-bond acceptors (Lipinski definition) is 4. The van der Waals surface area contributed by atoms with Crippen LogP contribution in [0.2, 0.25) is 0 Å². The lowest BCUT2D eigenvalue weighted by molar-refractivity contribution is -0.129. The standard InChI is InChI=1S/C18H13F2NO3/c1-11-5-4-7-13(9-11)16-21-14(17(22)24-16)10-12-6-2-3-8-15(12)23-18(19)20/h2-10,18H,1H3/b14-10-. The minimum atomic E-state index is -2.95. The summed E-state index contributed by atoms with van der Waals surface area (Å²) in [5.41, 5.74) is 2.01. The summed E-state index contributed by atoms with van der Waals surface area (Å²) in [5, 5.41) is 0. The third-order valence-electron chi connectivity index (χ3n) is 3.31. The number of halogens is 2. The first-order valence-electron chi connectivity index (χ1n) is 7.16. The first kappa shape index (κ1) is 15.9. The van der Waals surface area contributed by atoms with Gasteiger partial charge >= 0.3 is 12.6 Å². The predicted octanol–water partition coefficient (Wildman–Crippen LogP) is 3.94. The molecule has 24 heavy (non-hydrogen) atoms. The molecule has 122 valence electrons. The van der Waals surface area contributed by atoms with Gasteiger partial charge in [0, 0.05) is 11.1 Å². The van der Waals surface area contributed by atoms with Gasteiger partial charge in [-0.05, 0) is 31.2 Å². The van der Waals surface area contributed by atoms with Crippen LogP contribution < -0.4 is 4.74 Å². The van der Waals surface area contributed by atoms with Gasteiger partial charge in [-0.15, -0.1) is 0 Å². The van der Waals surface area contributed by atoms with Gasteiger partial charge in [-0.25, -0.2) is 9.79 Å². The molecule has 4 nitrogen and oxygen atoms in total. The van der Waals surface area contributed by atoms with Crippen molar-refractivity contribution < 1.29 is 23.0 Å². The van der Waals surface area contributed by atoms with Gasteiger partial charge in [0.25, 0.3) is 0 Å². The number of aliphatic imine (C=N–C) groups is 1. The molecule has 0 radical (unpaired) electrons. The van der Waals surface area contributed by atoms with Crippen molar-refractivity contribution in [3.05, 3.63) is 70.9 Å². The van der Waals surface area contributed by atoms with Crippen molar-refractivity contribution in [1.29, 1.82) is 0 Å². The second-order valence-electron chi connectivity index (χ2n) is 5.12. The van der Waals surface area contributed by atoms with E-state index in [0.29, 0.717) is 11.1 Å². The quantitative estimate of drug-likeness (QED) is 0.630. The van der Waals surface area contributed by atoms with Crippen LogP contribution in [0.4, 0.5) is 8.78 Å². The van der Waals surface area contributed by atoms with Crippen LogP contribution in [0.25, 0.3) is 6.08 Å². The number of para-hydroxylation sites is 1. The van der Waals surface area contributed by atoms with Gasteiger partial charge in [0.05, 0.1) is 0 Å². The summed E-state index contributed by atoms with van der Waals surface area (Å²) in [4.78, 5) is 16.1. The van der Waals surface area contributed by atoms with Crippen LogP contribution in [0.1, 0.15) is 16.7 Å². The average Bonchev–Trinajstić information content (AvgIpc) is 2.90. The third-order valence-corrected chi connectivity index (χ3v) is 3.31. The largest absolute Gasteiger partial charge is 0.434 e. The number of aryl methyl sites for hydroxylation is 1. The number of carbonyl (C=O) groups is 1. The summed E-state index contributed by atoms with van der Waals surface area (Å²) in [5.74, 6) is -0.493. The maximum Gasteiger partial charge on any atom is 0.387 e. The fourth-order valence-electron chi connectivity index (χ4n) is 2.26. The molecule has 0 aromatic heterocycles. The van der Waals surface area contributed by atoms with Gasteiger partial charge in [-0.1, -0.05) is 35.9 Å². The molecule has 1 aliphatic heterocycles. The van der Waals surface area contributed by atoms with Crippen molar-refractivity contribution in [2.75, 3.05) is 0 Å². The van der Waals surface area contributed by atoms with Gasteiger partial charge in [-0.3, -0.25) is 0 Å². The maximum atomic E-state index is 12.4. The van der Waals surface area contributed by atoms with E-state index in [1.54, 1.807) is 24.3 Å². The Balaban J connectivity index is 1.95. The minimum absolute atomic E-state index is 0.0248. The zero-order valence-corrected chi connectivity index (χ0v) is 12.7. The van der Waals surface area contributed by atoms with Crippen molar-refractivity contribution in [2.45, 2.75) is 13.5 Å². The molecule has 1 aliphatic rings. The molecule has 2 aromatic rings. The highest BCUT2D eigenvalue weighted by Crippen LogP contribution is 2.26. The van der Waals surface area contributed by atoms with Crippen LogP contribution in [0.15, 0.2) is 59.2 Å². The van der Waals surface area contributed by atoms with E-state index in [1.807, 2.05) is 25.1 Å². The molecular weight excluding hydrogens is 316 g/mol. The first-order valence-corrected chi connectivity index (χ1v) is 7.16. The highest BCUT2D eigenvalue weighted by Gasteiger charge is 2.24. The number of cyclic esters (lactones) is 1. The summed E-state index contributed by atoms with van der Waals surface area (Å²) in [6.07, 6.45) is 1.36. The smallest absolute Gasteiger partial charge is 0.387 e. The SMILES string of the molecule is Cc1cccc(C2=N/C(=C\c3ccccc3OC(F)F)C(=O)O2)c1. The monoisotopic (exact) mass is 329 g/mol. The van der Waals surface area contributed by atoms with Crippen molar-refractivity contribution in [3.8, 4) is 5.75 Å². The number of ether oxygens (including phenoxy) is 2. The van der Waals surface area contributed by atoms with E-state index in [0.717, 1.165) is 5.56 Å². The molecule has 1 heterocycles. The van der Waals surface area contributed by atoms with E-state index in [9.17, 15) is 13.6 Å². The topological polar surface area (TPSA) is 47.9 Å². The zero-order chi connectivity index (χ0) is 17.1. The van der Waals surface area contributed by atoms with E-state index in [4.69, 9.17) is 4.74 Å². The summed E-state index contributed by atoms with van der Waals surface area (Å²) in [6.45, 7) is -1.04. The third kappa shape index (κ3) is 3.48. The molecular formula is C18H13F2NO3. The maximum absolute atomic E-state index is 12.4. The van der Waals surface area contributed by atoms with Gasteiger partial charge in [0.2, 0.25) is 5.90 Å². The Labute approximate surface area is 137 Å². The van der Waals surface area contributed by atoms with Crippen LogP contribution in [0.3, 0.4) is 0 Å². The fourth-order valence-corrected chi connectivity index (χ4v) is 2.26. The molecule has 3 rings (SSSR count). The Morgan fingerprint density at radius 2 is 1.96 bits per heavy atom. The molecule has 0 saturated carbocycles. The van der Waals surface area contributed by atoms with Crippen molar-refractivity contribution in [1.82, 2.24) is 0 Å². The lowest BCUT2D eigenvalue weighted by Crippen LogP contribution is -2.05. The molecule has 0 spiro atoms. The highest BCUT2D eigenvalue weighted by atomic mass is 19.3. The number of benzene rings is 2. The molecule has 0 unspecified atom stereocenters. The fraction of sp³-hybridized carbons (Fsp3) is 0.111. The van der Waals surface area contributed by atoms with Crippen LogP contribution in [-0.2, 0) is 9.53 Å². The molecule has 0 amide bonds. The second-order valence-corrected chi connectivity index (χ2v) is 5.12. The summed E-state index contributed by atoms with van der Waals surface area (Å²) >= 11 is 0. The minimum Gasteiger partial charge on any atom is -0.434 e. The number of carbonyl (C=O) groups excluding carboxylic acids is 1. The zero-order valence-electron chi connectivity index (χ0n) is 12.7. The van der Waals surface area contributed by atoms with Crippen LogP contribution in [0, 0.1) is 6.92 Å². The van der Waals surface area contributed by atoms with Crippen molar-refractivity contribution in [2.24, 2.45) is 4.99 Å². The second kappa shape index (κ2) is 6.62. The Hall–Kier alpha value is -3.02. The van der Waals surface area contributed by atoms with Gasteiger partial charge in [0.15, 0.2) is 5.70 Å². The van der Waals surface area contributed by atoms with Crippen LogP contribution in [0.5, 0.6) is 5.75 Å². The molecule has 0 bridgehead atoms. The molecule has 6 heteroatoms. The number of nitrogens with zero attached hydrogens (tertiary/aromatic N) is 1. The lowest BCUT2D eigenvalue weighted by Gasteiger charge is -2.07. The van der Waals surface area contributed by atoms with Crippen LogP contribution >= 0.6 is 0 Å². The molecule has 2 aromatic carbocycles. The Bertz CT molecular complexity index is 844. The van der Waals surface area contributed by atoms with E-state index in [-0.39, 0.29) is 17.3 Å². The number of hydrogen-bond donors (Lipinski definition) is 0. The molecule has 0 aliphatic carbocycles. The van der Waals surface area contributed by atoms with Gasteiger partial charge in [-0.2, -0.15) is 8.78 Å². The number of esters is 1. The summed E-state index contributed by atoms with van der Waals surface area (Å²) in [7, 11) is 0. The van der Waals surface area contributed by atoms with Crippen molar-refractivity contribution >= 4 is 17.9 Å². The molecule has 0 atom stereocenters. The van der Waals surface area contributed by atoms with Crippen molar-refractivity contribution in [3.63, 3.8) is 0 Å². The van der Waals surface area contributed by atoms with E-state index >= 15 is 0 Å².